The maximum atomic E-state index is 7.49. The first-order chi connectivity index (χ1) is 29.8. The van der Waals surface area contributed by atoms with Crippen molar-refractivity contribution < 1.29 is 4.74 Å². The Kier molecular flexibility index (Phi) is 7.69. The molecule has 2 aromatic heterocycles. The maximum Gasteiger partial charge on any atom is 0.167 e. The Hall–Kier alpha value is -8.02. The first kappa shape index (κ1) is 34.1. The Bertz CT molecular complexity index is 3190. The van der Waals surface area contributed by atoms with Gasteiger partial charge in [-0.25, -0.2) is 15.0 Å². The van der Waals surface area contributed by atoms with Crippen molar-refractivity contribution in [2.45, 2.75) is 5.41 Å². The average molecular weight is 767 g/mol. The van der Waals surface area contributed by atoms with Crippen molar-refractivity contribution in [3.63, 3.8) is 0 Å². The number of hydrogen-bond acceptors (Lipinski definition) is 5. The van der Waals surface area contributed by atoms with E-state index in [9.17, 15) is 0 Å². The standard InChI is InChI=1S/C55H34N4O/c1-4-17-35(18-5-1)38-33-34-56-49-41(38)25-14-26-42(49)43-27-15-31-47-50(43)60-51-44(54-58-52(36-19-6-2-7-20-36)57-53(59-54)37-21-8-3-9-22-37)28-16-32-48(51)55(47)45-29-12-10-23-39(45)40-24-11-13-30-46(40)55/h1-34H. The third kappa shape index (κ3) is 5.06. The Balaban J connectivity index is 1.16. The summed E-state index contributed by atoms with van der Waals surface area (Å²) in [5, 5.41) is 1.08. The van der Waals surface area contributed by atoms with Gasteiger partial charge in [-0.2, -0.15) is 0 Å². The highest BCUT2D eigenvalue weighted by Crippen LogP contribution is 2.64. The number of para-hydroxylation sites is 3. The molecule has 1 spiro atoms. The summed E-state index contributed by atoms with van der Waals surface area (Å²) in [6.45, 7) is 0. The van der Waals surface area contributed by atoms with Crippen molar-refractivity contribution in [1.29, 1.82) is 0 Å². The van der Waals surface area contributed by atoms with Gasteiger partial charge in [0, 0.05) is 45.0 Å². The molecule has 1 aliphatic carbocycles. The van der Waals surface area contributed by atoms with Crippen molar-refractivity contribution in [1.82, 2.24) is 19.9 Å². The fourth-order valence-electron chi connectivity index (χ4n) is 9.53. The second-order valence-corrected chi connectivity index (χ2v) is 15.3. The minimum Gasteiger partial charge on any atom is -0.455 e. The third-order valence-electron chi connectivity index (χ3n) is 12.1. The van der Waals surface area contributed by atoms with E-state index >= 15 is 0 Å². The summed E-state index contributed by atoms with van der Waals surface area (Å²) in [5.41, 5.74) is 14.0. The van der Waals surface area contributed by atoms with Gasteiger partial charge in [0.1, 0.15) is 11.5 Å². The van der Waals surface area contributed by atoms with Gasteiger partial charge in [0.05, 0.1) is 16.5 Å². The summed E-state index contributed by atoms with van der Waals surface area (Å²) in [5.74, 6) is 3.22. The van der Waals surface area contributed by atoms with Gasteiger partial charge in [0.25, 0.3) is 0 Å². The first-order valence-corrected chi connectivity index (χ1v) is 20.2. The molecule has 5 heteroatoms. The molecule has 0 atom stereocenters. The Morgan fingerprint density at radius 3 is 1.38 bits per heavy atom. The van der Waals surface area contributed by atoms with Crippen LogP contribution in [0.4, 0.5) is 0 Å². The predicted octanol–water partition coefficient (Wildman–Crippen LogP) is 13.2. The zero-order valence-electron chi connectivity index (χ0n) is 32.3. The molecule has 0 saturated carbocycles. The summed E-state index contributed by atoms with van der Waals surface area (Å²) >= 11 is 0. The zero-order valence-corrected chi connectivity index (χ0v) is 32.3. The van der Waals surface area contributed by atoms with Crippen LogP contribution in [0.3, 0.4) is 0 Å². The molecule has 0 unspecified atom stereocenters. The molecule has 8 aromatic carbocycles. The van der Waals surface area contributed by atoms with E-state index in [2.05, 4.69) is 140 Å². The number of nitrogens with zero attached hydrogens (tertiary/aromatic N) is 4. The van der Waals surface area contributed by atoms with E-state index in [4.69, 9.17) is 24.7 Å². The lowest BCUT2D eigenvalue weighted by Gasteiger charge is -2.40. The third-order valence-corrected chi connectivity index (χ3v) is 12.1. The smallest absolute Gasteiger partial charge is 0.167 e. The molecule has 0 fully saturated rings. The topological polar surface area (TPSA) is 60.8 Å². The minimum atomic E-state index is -0.715. The predicted molar refractivity (Wildman–Crippen MR) is 240 cm³/mol. The molecule has 3 heterocycles. The van der Waals surface area contributed by atoms with Gasteiger partial charge in [-0.3, -0.25) is 4.98 Å². The Morgan fingerprint density at radius 2 is 0.767 bits per heavy atom. The average Bonchev–Trinajstić information content (AvgIpc) is 3.62. The second-order valence-electron chi connectivity index (χ2n) is 15.3. The zero-order chi connectivity index (χ0) is 39.6. The highest BCUT2D eigenvalue weighted by molar-refractivity contribution is 6.03. The lowest BCUT2D eigenvalue weighted by atomic mass is 9.65. The van der Waals surface area contributed by atoms with Crippen LogP contribution in [0.25, 0.3) is 78.4 Å². The Morgan fingerprint density at radius 1 is 0.317 bits per heavy atom. The van der Waals surface area contributed by atoms with Crippen LogP contribution >= 0.6 is 0 Å². The van der Waals surface area contributed by atoms with Gasteiger partial charge in [0.2, 0.25) is 0 Å². The van der Waals surface area contributed by atoms with Crippen LogP contribution in [0.5, 0.6) is 11.5 Å². The number of fused-ring (bicyclic) bond motifs is 10. The van der Waals surface area contributed by atoms with Crippen LogP contribution in [-0.4, -0.2) is 19.9 Å². The van der Waals surface area contributed by atoms with Crippen LogP contribution in [0.2, 0.25) is 0 Å². The van der Waals surface area contributed by atoms with Crippen molar-refractivity contribution in [2.75, 3.05) is 0 Å². The van der Waals surface area contributed by atoms with Gasteiger partial charge >= 0.3 is 0 Å². The summed E-state index contributed by atoms with van der Waals surface area (Å²) in [6, 6.07) is 69.9. The molecule has 0 saturated heterocycles. The molecule has 10 aromatic rings. The quantitative estimate of drug-likeness (QED) is 0.175. The highest BCUT2D eigenvalue weighted by Gasteiger charge is 2.52. The number of rotatable bonds is 5. The van der Waals surface area contributed by atoms with Crippen molar-refractivity contribution in [2.24, 2.45) is 0 Å². The molecule has 60 heavy (non-hydrogen) atoms. The summed E-state index contributed by atoms with van der Waals surface area (Å²) in [6.07, 6.45) is 1.91. The van der Waals surface area contributed by atoms with Crippen LogP contribution < -0.4 is 4.74 Å². The monoisotopic (exact) mass is 766 g/mol. The number of hydrogen-bond donors (Lipinski definition) is 0. The van der Waals surface area contributed by atoms with E-state index in [1.807, 2.05) is 66.9 Å². The van der Waals surface area contributed by atoms with Crippen LogP contribution in [0.15, 0.2) is 206 Å². The van der Waals surface area contributed by atoms with Gasteiger partial charge in [-0.05, 0) is 45.5 Å². The van der Waals surface area contributed by atoms with E-state index in [-0.39, 0.29) is 0 Å². The van der Waals surface area contributed by atoms with Gasteiger partial charge in [-0.15, -0.1) is 0 Å². The van der Waals surface area contributed by atoms with Crippen LogP contribution in [0, 0.1) is 0 Å². The number of ether oxygens (including phenoxy) is 1. The normalized spacial score (nSPS) is 12.9. The van der Waals surface area contributed by atoms with E-state index in [1.165, 1.54) is 22.3 Å². The van der Waals surface area contributed by atoms with E-state index in [1.54, 1.807) is 0 Å². The molecule has 0 amide bonds. The first-order valence-electron chi connectivity index (χ1n) is 20.2. The van der Waals surface area contributed by atoms with Crippen LogP contribution in [0.1, 0.15) is 22.3 Å². The van der Waals surface area contributed by atoms with Crippen molar-refractivity contribution >= 4 is 10.9 Å². The summed E-state index contributed by atoms with van der Waals surface area (Å²) in [7, 11) is 0. The fourth-order valence-corrected chi connectivity index (χ4v) is 9.53. The SMILES string of the molecule is c1ccc(-c2nc(-c3ccccc3)nc(-c3cccc4c3Oc3c(-c5cccc6c(-c7ccccc7)ccnc56)cccc3C43c4ccccc4-c4ccccc43)n2)cc1. The maximum absolute atomic E-state index is 7.49. The molecular weight excluding hydrogens is 733 g/mol. The molecule has 0 bridgehead atoms. The van der Waals surface area contributed by atoms with Gasteiger partial charge in [-0.1, -0.05) is 188 Å². The van der Waals surface area contributed by atoms with E-state index in [0.29, 0.717) is 23.2 Å². The van der Waals surface area contributed by atoms with E-state index < -0.39 is 5.41 Å². The van der Waals surface area contributed by atoms with Crippen molar-refractivity contribution in [3.05, 3.63) is 229 Å². The lowest BCUT2D eigenvalue weighted by molar-refractivity contribution is 0.439. The molecule has 2 aliphatic rings. The molecule has 0 N–H and O–H groups in total. The lowest BCUT2D eigenvalue weighted by Crippen LogP contribution is -2.32. The number of pyridine rings is 1. The number of benzene rings is 8. The molecule has 280 valence electrons. The van der Waals surface area contributed by atoms with Crippen molar-refractivity contribution in [3.8, 4) is 79.0 Å². The molecule has 5 nitrogen and oxygen atoms in total. The van der Waals surface area contributed by atoms with Crippen LogP contribution in [-0.2, 0) is 5.41 Å². The van der Waals surface area contributed by atoms with E-state index in [0.717, 1.165) is 66.7 Å². The minimum absolute atomic E-state index is 0.537. The van der Waals surface area contributed by atoms with Gasteiger partial charge in [0.15, 0.2) is 17.5 Å². The molecule has 0 radical (unpaired) electrons. The molecule has 1 aliphatic heterocycles. The fraction of sp³-hybridized carbons (Fsp3) is 0.0182. The molecule has 12 rings (SSSR count). The summed E-state index contributed by atoms with van der Waals surface area (Å²) in [4.78, 5) is 20.5. The molecular formula is C55H34N4O. The Labute approximate surface area is 347 Å². The second kappa shape index (κ2) is 13.5. The largest absolute Gasteiger partial charge is 0.455 e. The number of aromatic nitrogens is 4. The van der Waals surface area contributed by atoms with Gasteiger partial charge < -0.3 is 4.74 Å². The summed E-state index contributed by atoms with van der Waals surface area (Å²) < 4.78 is 7.49. The highest BCUT2D eigenvalue weighted by atomic mass is 16.5.